The number of benzene rings is 1. The van der Waals surface area contributed by atoms with Gasteiger partial charge in [-0.2, -0.15) is 0 Å². The number of nitro benzene ring substituents is 1. The Morgan fingerprint density at radius 3 is 2.94 bits per heavy atom. The maximum Gasteiger partial charge on any atom is 0.283 e. The summed E-state index contributed by atoms with van der Waals surface area (Å²) in [5.41, 5.74) is 1.08. The molecule has 1 fully saturated rings. The van der Waals surface area contributed by atoms with Gasteiger partial charge in [0.1, 0.15) is 0 Å². The van der Waals surface area contributed by atoms with E-state index in [0.717, 1.165) is 11.5 Å². The lowest BCUT2D eigenvalue weighted by Gasteiger charge is -2.06. The molecule has 0 amide bonds. The van der Waals surface area contributed by atoms with Gasteiger partial charge >= 0.3 is 0 Å². The highest BCUT2D eigenvalue weighted by atomic mass is 79.9. The molecule has 2 atom stereocenters. The molecule has 92 valence electrons. The number of hydrogen-bond donors (Lipinski definition) is 1. The topological polar surface area (TPSA) is 55.2 Å². The van der Waals surface area contributed by atoms with Crippen molar-refractivity contribution in [3.05, 3.63) is 38.3 Å². The second kappa shape index (κ2) is 5.14. The zero-order valence-corrected chi connectivity index (χ0v) is 11.2. The van der Waals surface area contributed by atoms with Crippen molar-refractivity contribution >= 4 is 21.6 Å². The first kappa shape index (κ1) is 12.5. The Balaban J connectivity index is 2.01. The average molecular weight is 299 g/mol. The first-order valence-corrected chi connectivity index (χ1v) is 6.58. The Morgan fingerprint density at radius 2 is 2.35 bits per heavy atom. The third-order valence-electron chi connectivity index (χ3n) is 3.26. The van der Waals surface area contributed by atoms with E-state index in [2.05, 4.69) is 28.2 Å². The van der Waals surface area contributed by atoms with E-state index in [9.17, 15) is 10.1 Å². The molecule has 0 aromatic heterocycles. The van der Waals surface area contributed by atoms with Crippen molar-refractivity contribution in [1.82, 2.24) is 5.32 Å². The molecule has 0 saturated heterocycles. The van der Waals surface area contributed by atoms with E-state index in [-0.39, 0.29) is 10.6 Å². The van der Waals surface area contributed by atoms with Crippen molar-refractivity contribution in [3.63, 3.8) is 0 Å². The molecule has 0 aliphatic heterocycles. The summed E-state index contributed by atoms with van der Waals surface area (Å²) in [5, 5.41) is 14.2. The molecule has 0 bridgehead atoms. The normalized spacial score (nSPS) is 22.5. The fourth-order valence-electron chi connectivity index (χ4n) is 2.03. The standard InChI is InChI=1S/C12H15BrN2O2/c1-2-8-6-10(8)14-7-9-4-3-5-11(12(9)13)15(16)17/h3-5,8,10,14H,2,6-7H2,1H3. The summed E-state index contributed by atoms with van der Waals surface area (Å²) in [6.07, 6.45) is 2.43. The summed E-state index contributed by atoms with van der Waals surface area (Å²) in [6.45, 7) is 2.87. The second-order valence-electron chi connectivity index (χ2n) is 4.40. The minimum absolute atomic E-state index is 0.132. The lowest BCUT2D eigenvalue weighted by Crippen LogP contribution is -2.17. The van der Waals surface area contributed by atoms with Crippen molar-refractivity contribution in [2.24, 2.45) is 5.92 Å². The van der Waals surface area contributed by atoms with Gasteiger partial charge in [-0.25, -0.2) is 0 Å². The zero-order chi connectivity index (χ0) is 12.4. The maximum absolute atomic E-state index is 10.8. The van der Waals surface area contributed by atoms with Gasteiger partial charge in [-0.1, -0.05) is 25.5 Å². The van der Waals surface area contributed by atoms with E-state index in [0.29, 0.717) is 17.1 Å². The molecule has 1 aliphatic rings. The van der Waals surface area contributed by atoms with Gasteiger partial charge < -0.3 is 5.32 Å². The SMILES string of the molecule is CCC1CC1NCc1cccc([N+](=O)[O-])c1Br. The molecule has 0 spiro atoms. The lowest BCUT2D eigenvalue weighted by molar-refractivity contribution is -0.385. The van der Waals surface area contributed by atoms with Crippen LogP contribution in [0.5, 0.6) is 0 Å². The number of nitrogens with one attached hydrogen (secondary N) is 1. The van der Waals surface area contributed by atoms with Crippen LogP contribution < -0.4 is 5.32 Å². The highest BCUT2D eigenvalue weighted by Gasteiger charge is 2.34. The molecule has 1 aromatic carbocycles. The van der Waals surface area contributed by atoms with Crippen LogP contribution in [0.4, 0.5) is 5.69 Å². The van der Waals surface area contributed by atoms with E-state index in [1.165, 1.54) is 18.9 Å². The number of nitrogens with zero attached hydrogens (tertiary/aromatic N) is 1. The van der Waals surface area contributed by atoms with Crippen molar-refractivity contribution in [2.75, 3.05) is 0 Å². The molecule has 17 heavy (non-hydrogen) atoms. The largest absolute Gasteiger partial charge is 0.310 e. The summed E-state index contributed by atoms with van der Waals surface area (Å²) in [7, 11) is 0. The number of nitro groups is 1. The van der Waals surface area contributed by atoms with Crippen LogP contribution in [0.15, 0.2) is 22.7 Å². The summed E-state index contributed by atoms with van der Waals surface area (Å²) in [4.78, 5) is 10.4. The fraction of sp³-hybridized carbons (Fsp3) is 0.500. The summed E-state index contributed by atoms with van der Waals surface area (Å²) >= 11 is 3.30. The minimum atomic E-state index is -0.362. The lowest BCUT2D eigenvalue weighted by atomic mass is 10.2. The van der Waals surface area contributed by atoms with Crippen molar-refractivity contribution in [2.45, 2.75) is 32.4 Å². The van der Waals surface area contributed by atoms with E-state index in [4.69, 9.17) is 0 Å². The van der Waals surface area contributed by atoms with Crippen LogP contribution in [0.1, 0.15) is 25.3 Å². The summed E-state index contributed by atoms with van der Waals surface area (Å²) < 4.78 is 0.589. The van der Waals surface area contributed by atoms with Gasteiger partial charge in [0.05, 0.1) is 9.40 Å². The molecule has 4 nitrogen and oxygen atoms in total. The molecular weight excluding hydrogens is 284 g/mol. The summed E-state index contributed by atoms with van der Waals surface area (Å²) in [6, 6.07) is 5.74. The third-order valence-corrected chi connectivity index (χ3v) is 4.17. The van der Waals surface area contributed by atoms with Crippen LogP contribution in [-0.2, 0) is 6.54 Å². The quantitative estimate of drug-likeness (QED) is 0.670. The van der Waals surface area contributed by atoms with Crippen LogP contribution >= 0.6 is 15.9 Å². The van der Waals surface area contributed by atoms with E-state index in [1.807, 2.05) is 6.07 Å². The van der Waals surface area contributed by atoms with Crippen LogP contribution in [0, 0.1) is 16.0 Å². The van der Waals surface area contributed by atoms with Gasteiger partial charge in [0.2, 0.25) is 0 Å². The molecule has 2 rings (SSSR count). The molecule has 5 heteroatoms. The minimum Gasteiger partial charge on any atom is -0.310 e. The Morgan fingerprint density at radius 1 is 1.59 bits per heavy atom. The highest BCUT2D eigenvalue weighted by Crippen LogP contribution is 2.34. The van der Waals surface area contributed by atoms with Crippen molar-refractivity contribution in [1.29, 1.82) is 0 Å². The second-order valence-corrected chi connectivity index (χ2v) is 5.19. The molecule has 1 N–H and O–H groups in total. The number of halogens is 1. The predicted molar refractivity (Wildman–Crippen MR) is 69.8 cm³/mol. The zero-order valence-electron chi connectivity index (χ0n) is 9.65. The average Bonchev–Trinajstić information content (AvgIpc) is 3.06. The maximum atomic E-state index is 10.8. The van der Waals surface area contributed by atoms with Gasteiger partial charge in [-0.3, -0.25) is 10.1 Å². The van der Waals surface area contributed by atoms with Crippen LogP contribution in [0.3, 0.4) is 0 Å². The number of rotatable bonds is 5. The van der Waals surface area contributed by atoms with Crippen LogP contribution in [-0.4, -0.2) is 11.0 Å². The van der Waals surface area contributed by atoms with Crippen molar-refractivity contribution < 1.29 is 4.92 Å². The molecule has 1 aliphatic carbocycles. The Bertz CT molecular complexity index is 437. The van der Waals surface area contributed by atoms with E-state index in [1.54, 1.807) is 6.07 Å². The van der Waals surface area contributed by atoms with E-state index >= 15 is 0 Å². The number of hydrogen-bond acceptors (Lipinski definition) is 3. The first-order chi connectivity index (χ1) is 8.13. The predicted octanol–water partition coefficient (Wildman–Crippen LogP) is 3.25. The molecule has 0 radical (unpaired) electrons. The Hall–Kier alpha value is -0.940. The molecule has 2 unspecified atom stereocenters. The third kappa shape index (κ3) is 2.84. The van der Waals surface area contributed by atoms with E-state index < -0.39 is 0 Å². The Labute approximate surface area is 109 Å². The Kier molecular flexibility index (Phi) is 3.79. The molecule has 1 saturated carbocycles. The summed E-state index contributed by atoms with van der Waals surface area (Å²) in [5.74, 6) is 0.785. The smallest absolute Gasteiger partial charge is 0.283 e. The van der Waals surface area contributed by atoms with Crippen LogP contribution in [0.25, 0.3) is 0 Å². The van der Waals surface area contributed by atoms with Crippen molar-refractivity contribution in [3.8, 4) is 0 Å². The fourth-order valence-corrected chi connectivity index (χ4v) is 2.58. The van der Waals surface area contributed by atoms with Crippen LogP contribution in [0.2, 0.25) is 0 Å². The molecule has 1 aromatic rings. The van der Waals surface area contributed by atoms with Gasteiger partial charge in [-0.05, 0) is 33.8 Å². The van der Waals surface area contributed by atoms with Gasteiger partial charge in [-0.15, -0.1) is 0 Å². The monoisotopic (exact) mass is 298 g/mol. The molecular formula is C12H15BrN2O2. The van der Waals surface area contributed by atoms with Gasteiger partial charge in [0.15, 0.2) is 0 Å². The first-order valence-electron chi connectivity index (χ1n) is 5.78. The highest BCUT2D eigenvalue weighted by molar-refractivity contribution is 9.10. The van der Waals surface area contributed by atoms with Gasteiger partial charge in [0.25, 0.3) is 5.69 Å². The van der Waals surface area contributed by atoms with Gasteiger partial charge in [0, 0.05) is 18.7 Å². The molecule has 0 heterocycles.